The largest absolute Gasteiger partial charge is 0.463 e. The molecule has 2 aromatic heterocycles. The van der Waals surface area contributed by atoms with Gasteiger partial charge >= 0.3 is 0 Å². The molecule has 0 aliphatic heterocycles. The summed E-state index contributed by atoms with van der Waals surface area (Å²) >= 11 is 0. The predicted octanol–water partition coefficient (Wildman–Crippen LogP) is 3.92. The van der Waals surface area contributed by atoms with Crippen molar-refractivity contribution in [2.45, 2.75) is 38.0 Å². The van der Waals surface area contributed by atoms with Crippen molar-refractivity contribution in [2.24, 2.45) is 5.10 Å². The van der Waals surface area contributed by atoms with Gasteiger partial charge in [0, 0.05) is 5.92 Å². The SMILES string of the molecule is O=c1c2ccccc2nc(C2CCCCC2)n1N=Cc1ccco1. The molecule has 122 valence electrons. The molecule has 0 amide bonds. The van der Waals surface area contributed by atoms with E-state index in [0.717, 1.165) is 24.2 Å². The number of hydrogen-bond acceptors (Lipinski definition) is 4. The normalized spacial score (nSPS) is 16.2. The lowest BCUT2D eigenvalue weighted by atomic mass is 9.88. The molecule has 0 unspecified atom stereocenters. The molecule has 0 bridgehead atoms. The van der Waals surface area contributed by atoms with Gasteiger partial charge in [-0.15, -0.1) is 0 Å². The maximum absolute atomic E-state index is 12.9. The minimum atomic E-state index is -0.121. The van der Waals surface area contributed by atoms with Gasteiger partial charge in [0.1, 0.15) is 11.6 Å². The van der Waals surface area contributed by atoms with E-state index < -0.39 is 0 Å². The van der Waals surface area contributed by atoms with Crippen LogP contribution in [0.25, 0.3) is 10.9 Å². The van der Waals surface area contributed by atoms with E-state index in [1.807, 2.05) is 24.3 Å². The fourth-order valence-corrected chi connectivity index (χ4v) is 3.36. The van der Waals surface area contributed by atoms with Crippen molar-refractivity contribution in [3.63, 3.8) is 0 Å². The molecular formula is C19H19N3O2. The standard InChI is InChI=1S/C19H19N3O2/c23-19-16-10-4-5-11-17(16)21-18(14-7-2-1-3-8-14)22(19)20-13-15-9-6-12-24-15/h4-6,9-14H,1-3,7-8H2. The van der Waals surface area contributed by atoms with Gasteiger partial charge in [-0.25, -0.2) is 4.98 Å². The van der Waals surface area contributed by atoms with E-state index in [0.29, 0.717) is 11.1 Å². The number of fused-ring (bicyclic) bond motifs is 1. The highest BCUT2D eigenvalue weighted by atomic mass is 16.3. The molecule has 2 heterocycles. The summed E-state index contributed by atoms with van der Waals surface area (Å²) < 4.78 is 6.74. The molecule has 0 N–H and O–H groups in total. The highest BCUT2D eigenvalue weighted by molar-refractivity contribution is 5.78. The van der Waals surface area contributed by atoms with Crippen molar-refractivity contribution >= 4 is 17.1 Å². The van der Waals surface area contributed by atoms with Crippen molar-refractivity contribution in [3.05, 3.63) is 64.6 Å². The van der Waals surface area contributed by atoms with Gasteiger partial charge < -0.3 is 4.42 Å². The second kappa shape index (κ2) is 6.43. The Labute approximate surface area is 139 Å². The molecule has 5 heteroatoms. The Kier molecular flexibility index (Phi) is 3.99. The Morgan fingerprint density at radius 3 is 2.75 bits per heavy atom. The smallest absolute Gasteiger partial charge is 0.282 e. The average molecular weight is 321 g/mol. The van der Waals surface area contributed by atoms with Gasteiger partial charge in [0.25, 0.3) is 5.56 Å². The Morgan fingerprint density at radius 1 is 1.12 bits per heavy atom. The number of rotatable bonds is 3. The van der Waals surface area contributed by atoms with Crippen LogP contribution < -0.4 is 5.56 Å². The number of benzene rings is 1. The first kappa shape index (κ1) is 14.9. The minimum absolute atomic E-state index is 0.121. The molecular weight excluding hydrogens is 302 g/mol. The monoisotopic (exact) mass is 321 g/mol. The molecule has 1 aliphatic rings. The lowest BCUT2D eigenvalue weighted by Gasteiger charge is -2.22. The number of furan rings is 1. The van der Waals surface area contributed by atoms with E-state index in [2.05, 4.69) is 5.10 Å². The quantitative estimate of drug-likeness (QED) is 0.687. The maximum Gasteiger partial charge on any atom is 0.282 e. The summed E-state index contributed by atoms with van der Waals surface area (Å²) in [6.45, 7) is 0. The van der Waals surface area contributed by atoms with Crippen LogP contribution in [0.4, 0.5) is 0 Å². The van der Waals surface area contributed by atoms with Crippen molar-refractivity contribution < 1.29 is 4.42 Å². The molecule has 4 rings (SSSR count). The molecule has 1 aromatic carbocycles. The van der Waals surface area contributed by atoms with E-state index in [1.165, 1.54) is 23.9 Å². The molecule has 24 heavy (non-hydrogen) atoms. The van der Waals surface area contributed by atoms with Gasteiger partial charge in [-0.1, -0.05) is 31.4 Å². The zero-order chi connectivity index (χ0) is 16.4. The summed E-state index contributed by atoms with van der Waals surface area (Å²) in [6, 6.07) is 11.1. The van der Waals surface area contributed by atoms with Gasteiger partial charge in [0.05, 0.1) is 23.4 Å². The second-order valence-corrected chi connectivity index (χ2v) is 6.20. The topological polar surface area (TPSA) is 60.4 Å². The van der Waals surface area contributed by atoms with E-state index in [-0.39, 0.29) is 11.5 Å². The zero-order valence-corrected chi connectivity index (χ0v) is 13.4. The van der Waals surface area contributed by atoms with Crippen molar-refractivity contribution in [1.29, 1.82) is 0 Å². The molecule has 3 aromatic rings. The highest BCUT2D eigenvalue weighted by Crippen LogP contribution is 2.31. The Hall–Kier alpha value is -2.69. The first-order chi connectivity index (χ1) is 11.8. The summed E-state index contributed by atoms with van der Waals surface area (Å²) in [7, 11) is 0. The zero-order valence-electron chi connectivity index (χ0n) is 13.4. The third-order valence-electron chi connectivity index (χ3n) is 4.59. The molecule has 0 saturated heterocycles. The Morgan fingerprint density at radius 2 is 1.96 bits per heavy atom. The van der Waals surface area contributed by atoms with Gasteiger partial charge in [-0.05, 0) is 37.1 Å². The van der Waals surface area contributed by atoms with E-state index in [1.54, 1.807) is 24.6 Å². The minimum Gasteiger partial charge on any atom is -0.463 e. The van der Waals surface area contributed by atoms with Gasteiger partial charge in [-0.2, -0.15) is 9.78 Å². The lowest BCUT2D eigenvalue weighted by molar-refractivity contribution is 0.416. The fraction of sp³-hybridized carbons (Fsp3) is 0.316. The van der Waals surface area contributed by atoms with Crippen LogP contribution in [0.15, 0.2) is 57.0 Å². The number of hydrogen-bond donors (Lipinski definition) is 0. The van der Waals surface area contributed by atoms with Gasteiger partial charge in [0.2, 0.25) is 0 Å². The summed E-state index contributed by atoms with van der Waals surface area (Å²) in [6.07, 6.45) is 8.88. The molecule has 0 spiro atoms. The Balaban J connectivity index is 1.87. The van der Waals surface area contributed by atoms with Crippen LogP contribution in [0, 0.1) is 0 Å². The highest BCUT2D eigenvalue weighted by Gasteiger charge is 2.22. The van der Waals surface area contributed by atoms with Crippen LogP contribution in [-0.4, -0.2) is 15.9 Å². The first-order valence-corrected chi connectivity index (χ1v) is 8.42. The molecule has 0 radical (unpaired) electrons. The van der Waals surface area contributed by atoms with Crippen LogP contribution in [0.2, 0.25) is 0 Å². The summed E-state index contributed by atoms with van der Waals surface area (Å²) in [5.41, 5.74) is 0.622. The van der Waals surface area contributed by atoms with Crippen LogP contribution >= 0.6 is 0 Å². The molecule has 1 aliphatic carbocycles. The molecule has 1 saturated carbocycles. The van der Waals surface area contributed by atoms with Crippen LogP contribution in [0.5, 0.6) is 0 Å². The van der Waals surface area contributed by atoms with Crippen LogP contribution in [0.3, 0.4) is 0 Å². The molecule has 5 nitrogen and oxygen atoms in total. The molecule has 0 atom stereocenters. The Bertz CT molecular complexity index is 919. The van der Waals surface area contributed by atoms with Crippen LogP contribution in [-0.2, 0) is 0 Å². The average Bonchev–Trinajstić information content (AvgIpc) is 3.15. The second-order valence-electron chi connectivity index (χ2n) is 6.20. The first-order valence-electron chi connectivity index (χ1n) is 8.42. The summed E-state index contributed by atoms with van der Waals surface area (Å²) in [4.78, 5) is 17.7. The van der Waals surface area contributed by atoms with Crippen molar-refractivity contribution in [2.75, 3.05) is 0 Å². The predicted molar refractivity (Wildman–Crippen MR) is 93.5 cm³/mol. The lowest BCUT2D eigenvalue weighted by Crippen LogP contribution is -2.25. The number of aromatic nitrogens is 2. The van der Waals surface area contributed by atoms with E-state index >= 15 is 0 Å². The number of nitrogens with zero attached hydrogens (tertiary/aromatic N) is 3. The van der Waals surface area contributed by atoms with Crippen LogP contribution in [0.1, 0.15) is 49.6 Å². The fourth-order valence-electron chi connectivity index (χ4n) is 3.36. The third kappa shape index (κ3) is 2.77. The maximum atomic E-state index is 12.9. The molecule has 1 fully saturated rings. The summed E-state index contributed by atoms with van der Waals surface area (Å²) in [5, 5.41) is 4.99. The van der Waals surface area contributed by atoms with E-state index in [9.17, 15) is 4.79 Å². The van der Waals surface area contributed by atoms with Gasteiger partial charge in [-0.3, -0.25) is 4.79 Å². The van der Waals surface area contributed by atoms with E-state index in [4.69, 9.17) is 9.40 Å². The van der Waals surface area contributed by atoms with Crippen molar-refractivity contribution in [3.8, 4) is 0 Å². The third-order valence-corrected chi connectivity index (χ3v) is 4.59. The summed E-state index contributed by atoms with van der Waals surface area (Å²) in [5.74, 6) is 1.66. The van der Waals surface area contributed by atoms with Crippen molar-refractivity contribution in [1.82, 2.24) is 9.66 Å². The number of para-hydroxylation sites is 1. The van der Waals surface area contributed by atoms with Gasteiger partial charge in [0.15, 0.2) is 0 Å².